The van der Waals surface area contributed by atoms with Crippen LogP contribution in [0.4, 0.5) is 0 Å². The maximum absolute atomic E-state index is 10.6. The summed E-state index contributed by atoms with van der Waals surface area (Å²) in [7, 11) is 0. The Morgan fingerprint density at radius 3 is 2.83 bits per heavy atom. The van der Waals surface area contributed by atoms with Gasteiger partial charge in [0.15, 0.2) is 11.8 Å². The van der Waals surface area contributed by atoms with E-state index in [1.807, 2.05) is 12.1 Å². The van der Waals surface area contributed by atoms with Gasteiger partial charge in [0.25, 0.3) is 0 Å². The van der Waals surface area contributed by atoms with Gasteiger partial charge in [-0.1, -0.05) is 25.2 Å². The van der Waals surface area contributed by atoms with Crippen LogP contribution >= 0.6 is 11.3 Å². The number of thiazole rings is 1. The van der Waals surface area contributed by atoms with Gasteiger partial charge in [-0.2, -0.15) is 9.61 Å². The predicted molar refractivity (Wildman–Crippen MR) is 86.7 cm³/mol. The van der Waals surface area contributed by atoms with Crippen molar-refractivity contribution in [1.29, 1.82) is 0 Å². The summed E-state index contributed by atoms with van der Waals surface area (Å²) < 4.78 is 7.23. The molecule has 2 N–H and O–H groups in total. The third-order valence-corrected chi connectivity index (χ3v) is 5.76. The molecule has 4 rings (SSSR count). The molecule has 3 aromatic rings. The lowest BCUT2D eigenvalue weighted by Crippen LogP contribution is -3.14. The van der Waals surface area contributed by atoms with Gasteiger partial charge in [0.05, 0.1) is 19.4 Å². The number of piperidine rings is 1. The molecule has 122 valence electrons. The smallest absolute Gasteiger partial charge is 0.235 e. The molecule has 1 saturated heterocycles. The van der Waals surface area contributed by atoms with Gasteiger partial charge in [-0.25, -0.2) is 4.98 Å². The zero-order chi connectivity index (χ0) is 16.0. The number of rotatable bonds is 3. The lowest BCUT2D eigenvalue weighted by Gasteiger charge is -2.35. The molecule has 0 amide bonds. The fourth-order valence-corrected chi connectivity index (χ4v) is 5.02. The van der Waals surface area contributed by atoms with Crippen LogP contribution < -0.4 is 4.90 Å². The third-order valence-electron chi connectivity index (χ3n) is 4.66. The molecule has 4 heterocycles. The molecular weight excluding hydrogens is 312 g/mol. The Bertz CT molecular complexity index is 784. The molecule has 0 aromatic carbocycles. The summed E-state index contributed by atoms with van der Waals surface area (Å²) in [6.45, 7) is 6.75. The second-order valence-corrected chi connectivity index (χ2v) is 7.71. The van der Waals surface area contributed by atoms with Crippen LogP contribution in [0.5, 0.6) is 5.88 Å². The van der Waals surface area contributed by atoms with Crippen LogP contribution in [0.2, 0.25) is 0 Å². The summed E-state index contributed by atoms with van der Waals surface area (Å²) in [5, 5.41) is 14.7. The van der Waals surface area contributed by atoms with Crippen molar-refractivity contribution in [2.75, 3.05) is 13.1 Å². The molecule has 7 heteroatoms. The SMILES string of the molecule is C[C@@H]1C[C@@H](C)C[NH+]([C@@H](c2ccco2)c2sc3ncnn3c2O)C1. The molecule has 0 aliphatic carbocycles. The maximum Gasteiger partial charge on any atom is 0.235 e. The average Bonchev–Trinajstić information content (AvgIpc) is 3.20. The van der Waals surface area contributed by atoms with E-state index in [1.54, 1.807) is 6.26 Å². The molecule has 6 nitrogen and oxygen atoms in total. The molecule has 1 fully saturated rings. The minimum Gasteiger partial charge on any atom is -0.492 e. The highest BCUT2D eigenvalue weighted by molar-refractivity contribution is 7.17. The van der Waals surface area contributed by atoms with Crippen LogP contribution in [0.3, 0.4) is 0 Å². The van der Waals surface area contributed by atoms with E-state index in [0.717, 1.165) is 23.7 Å². The largest absolute Gasteiger partial charge is 0.492 e. The highest BCUT2D eigenvalue weighted by atomic mass is 32.1. The van der Waals surface area contributed by atoms with Gasteiger partial charge < -0.3 is 14.4 Å². The highest BCUT2D eigenvalue weighted by Gasteiger charge is 2.38. The summed E-state index contributed by atoms with van der Waals surface area (Å²) in [6.07, 6.45) is 4.43. The molecule has 3 atom stereocenters. The van der Waals surface area contributed by atoms with Crippen LogP contribution in [-0.2, 0) is 0 Å². The fourth-order valence-electron chi connectivity index (χ4n) is 3.92. The van der Waals surface area contributed by atoms with E-state index in [1.165, 1.54) is 33.5 Å². The highest BCUT2D eigenvalue weighted by Crippen LogP contribution is 2.35. The van der Waals surface area contributed by atoms with Crippen LogP contribution in [0.15, 0.2) is 29.1 Å². The van der Waals surface area contributed by atoms with Crippen LogP contribution in [0.1, 0.15) is 36.9 Å². The van der Waals surface area contributed by atoms with Gasteiger partial charge in [-0.05, 0) is 18.6 Å². The lowest BCUT2D eigenvalue weighted by atomic mass is 9.90. The van der Waals surface area contributed by atoms with Gasteiger partial charge in [-0.3, -0.25) is 0 Å². The average molecular weight is 333 g/mol. The van der Waals surface area contributed by atoms with E-state index in [2.05, 4.69) is 23.9 Å². The number of furan rings is 1. The molecule has 1 aliphatic heterocycles. The van der Waals surface area contributed by atoms with Gasteiger partial charge in [0.2, 0.25) is 10.8 Å². The first-order valence-electron chi connectivity index (χ1n) is 8.03. The number of hydrogen-bond acceptors (Lipinski definition) is 5. The Morgan fingerprint density at radius 1 is 1.39 bits per heavy atom. The van der Waals surface area contributed by atoms with Crippen LogP contribution in [0, 0.1) is 11.8 Å². The first-order valence-corrected chi connectivity index (χ1v) is 8.84. The van der Waals surface area contributed by atoms with Gasteiger partial charge in [0, 0.05) is 11.8 Å². The summed E-state index contributed by atoms with van der Waals surface area (Å²) in [4.78, 5) is 7.24. The van der Waals surface area contributed by atoms with Crippen LogP contribution in [0.25, 0.3) is 4.96 Å². The molecular formula is C16H21N4O2S+. The number of nitrogens with zero attached hydrogens (tertiary/aromatic N) is 3. The van der Waals surface area contributed by atoms with E-state index >= 15 is 0 Å². The van der Waals surface area contributed by atoms with E-state index in [4.69, 9.17) is 4.42 Å². The molecule has 0 radical (unpaired) electrons. The van der Waals surface area contributed by atoms with Crippen molar-refractivity contribution in [2.45, 2.75) is 26.3 Å². The van der Waals surface area contributed by atoms with E-state index in [-0.39, 0.29) is 11.9 Å². The quantitative estimate of drug-likeness (QED) is 0.766. The number of nitrogens with one attached hydrogen (secondary N) is 1. The Labute approximate surface area is 138 Å². The second kappa shape index (κ2) is 5.65. The van der Waals surface area contributed by atoms with Crippen molar-refractivity contribution < 1.29 is 14.4 Å². The second-order valence-electron chi connectivity index (χ2n) is 6.71. The van der Waals surface area contributed by atoms with Crippen molar-refractivity contribution in [2.24, 2.45) is 11.8 Å². The summed E-state index contributed by atoms with van der Waals surface area (Å²) in [5.74, 6) is 2.40. The molecule has 0 bridgehead atoms. The summed E-state index contributed by atoms with van der Waals surface area (Å²) >= 11 is 1.49. The van der Waals surface area contributed by atoms with Gasteiger partial charge in [-0.15, -0.1) is 0 Å². The first-order chi connectivity index (χ1) is 11.1. The topological polar surface area (TPSA) is 68.0 Å². The Hall–Kier alpha value is -1.86. The van der Waals surface area contributed by atoms with E-state index in [9.17, 15) is 5.11 Å². The molecule has 0 unspecified atom stereocenters. The molecule has 1 aliphatic rings. The summed E-state index contributed by atoms with van der Waals surface area (Å²) in [6, 6.07) is 3.90. The van der Waals surface area contributed by atoms with Gasteiger partial charge >= 0.3 is 0 Å². The van der Waals surface area contributed by atoms with Crippen LogP contribution in [-0.4, -0.2) is 32.8 Å². The van der Waals surface area contributed by atoms with Crippen molar-refractivity contribution in [3.05, 3.63) is 35.4 Å². The number of hydrogen-bond donors (Lipinski definition) is 2. The zero-order valence-electron chi connectivity index (χ0n) is 13.3. The normalized spacial score (nSPS) is 26.6. The van der Waals surface area contributed by atoms with Crippen molar-refractivity contribution in [3.63, 3.8) is 0 Å². The van der Waals surface area contributed by atoms with Crippen molar-refractivity contribution in [1.82, 2.24) is 14.6 Å². The van der Waals surface area contributed by atoms with Gasteiger partial charge in [0.1, 0.15) is 11.2 Å². The minimum absolute atomic E-state index is 0.0105. The third kappa shape index (κ3) is 2.53. The molecule has 23 heavy (non-hydrogen) atoms. The Balaban J connectivity index is 1.79. The minimum atomic E-state index is -0.0105. The number of likely N-dealkylation sites (tertiary alicyclic amines) is 1. The molecule has 0 saturated carbocycles. The van der Waals surface area contributed by atoms with E-state index in [0.29, 0.717) is 16.8 Å². The molecule has 0 spiro atoms. The Kier molecular flexibility index (Phi) is 3.61. The first kappa shape index (κ1) is 14.7. The number of quaternary nitrogens is 1. The fraction of sp³-hybridized carbons (Fsp3) is 0.500. The lowest BCUT2D eigenvalue weighted by molar-refractivity contribution is -0.937. The maximum atomic E-state index is 10.6. The van der Waals surface area contributed by atoms with E-state index < -0.39 is 0 Å². The van der Waals surface area contributed by atoms with Crippen molar-refractivity contribution >= 4 is 16.3 Å². The number of aromatic nitrogens is 3. The molecule has 3 aromatic heterocycles. The standard InChI is InChI=1S/C16H20N4O2S/c1-10-6-11(2)8-19(7-10)13(12-4-3-5-22-12)14-15(21)20-16(23-14)17-9-18-20/h3-5,9-11,13,21H,6-8H2,1-2H3/p+1/t10-,11-,13+/m1/s1. The predicted octanol–water partition coefficient (Wildman–Crippen LogP) is 1.74. The monoisotopic (exact) mass is 333 g/mol. The number of fused-ring (bicyclic) bond motifs is 1. The zero-order valence-corrected chi connectivity index (χ0v) is 14.1. The number of aromatic hydroxyl groups is 1. The van der Waals surface area contributed by atoms with Crippen molar-refractivity contribution in [3.8, 4) is 5.88 Å². The Morgan fingerprint density at radius 2 is 2.17 bits per heavy atom. The summed E-state index contributed by atoms with van der Waals surface area (Å²) in [5.41, 5.74) is 0.